The van der Waals surface area contributed by atoms with E-state index in [0.717, 1.165) is 24.8 Å². The second kappa shape index (κ2) is 7.22. The second-order valence-corrected chi connectivity index (χ2v) is 9.73. The van der Waals surface area contributed by atoms with E-state index in [2.05, 4.69) is 10.4 Å². The van der Waals surface area contributed by atoms with E-state index in [4.69, 9.17) is 0 Å². The summed E-state index contributed by atoms with van der Waals surface area (Å²) in [6, 6.07) is 9.91. The molecule has 4 saturated carbocycles. The fourth-order valence-corrected chi connectivity index (χ4v) is 6.48. The number of amides is 1. The number of benzene rings is 1. The minimum atomic E-state index is -0.473. The average Bonchev–Trinajstić information content (AvgIpc) is 3.18. The predicted molar refractivity (Wildman–Crippen MR) is 112 cm³/mol. The topological polar surface area (TPSA) is 90.1 Å². The highest BCUT2D eigenvalue weighted by Gasteiger charge is 2.53. The molecule has 1 N–H and O–H groups in total. The molecule has 4 fully saturated rings. The van der Waals surface area contributed by atoms with Crippen LogP contribution in [0.25, 0.3) is 0 Å². The summed E-state index contributed by atoms with van der Waals surface area (Å²) in [4.78, 5) is 24.1. The molecule has 0 aliphatic heterocycles. The van der Waals surface area contributed by atoms with E-state index < -0.39 is 10.8 Å². The molecule has 6 rings (SSSR count). The Morgan fingerprint density at radius 3 is 2.37 bits per heavy atom. The lowest BCUT2D eigenvalue weighted by atomic mass is 9.53. The van der Waals surface area contributed by atoms with Crippen LogP contribution in [0.3, 0.4) is 0 Å². The van der Waals surface area contributed by atoms with Gasteiger partial charge in [-0.25, -0.2) is 0 Å². The van der Waals surface area contributed by atoms with Gasteiger partial charge in [-0.05, 0) is 67.8 Å². The van der Waals surface area contributed by atoms with Gasteiger partial charge in [0.15, 0.2) is 0 Å². The van der Waals surface area contributed by atoms with Crippen molar-refractivity contribution < 1.29 is 9.72 Å². The highest BCUT2D eigenvalue weighted by atomic mass is 16.6. The molecule has 1 atom stereocenters. The molecule has 0 saturated heterocycles. The molecule has 0 radical (unpaired) electrons. The number of rotatable bonds is 6. The Morgan fingerprint density at radius 1 is 1.20 bits per heavy atom. The Morgan fingerprint density at radius 2 is 1.80 bits per heavy atom. The number of nitrogens with zero attached hydrogens (tertiary/aromatic N) is 3. The fraction of sp³-hybridized carbons (Fsp3) is 0.565. The molecule has 158 valence electrons. The maximum absolute atomic E-state index is 12.9. The van der Waals surface area contributed by atoms with Gasteiger partial charge < -0.3 is 5.32 Å². The van der Waals surface area contributed by atoms with E-state index in [9.17, 15) is 14.9 Å². The average molecular weight is 409 g/mol. The summed E-state index contributed by atoms with van der Waals surface area (Å²) in [5, 5.41) is 19.1. The van der Waals surface area contributed by atoms with Crippen LogP contribution < -0.4 is 5.32 Å². The first kappa shape index (κ1) is 19.3. The molecule has 7 heteroatoms. The van der Waals surface area contributed by atoms with Gasteiger partial charge in [0.25, 0.3) is 5.91 Å². The molecule has 4 aliphatic rings. The first-order chi connectivity index (χ1) is 14.4. The van der Waals surface area contributed by atoms with Crippen LogP contribution in [0.15, 0.2) is 36.5 Å². The number of nitrogens with one attached hydrogen (secondary N) is 1. The number of hydrogen-bond acceptors (Lipinski definition) is 4. The lowest BCUT2D eigenvalue weighted by Gasteiger charge is -2.56. The molecule has 4 aliphatic carbocycles. The van der Waals surface area contributed by atoms with Crippen molar-refractivity contribution in [1.29, 1.82) is 0 Å². The first-order valence-electron chi connectivity index (χ1n) is 11.0. The minimum absolute atomic E-state index is 0.0593. The van der Waals surface area contributed by atoms with Crippen LogP contribution in [0.1, 0.15) is 67.4 Å². The molecule has 7 nitrogen and oxygen atoms in total. The molecule has 1 heterocycles. The summed E-state index contributed by atoms with van der Waals surface area (Å²) in [6.07, 6.45) is 8.47. The van der Waals surface area contributed by atoms with Gasteiger partial charge in [0.1, 0.15) is 6.20 Å². The van der Waals surface area contributed by atoms with Gasteiger partial charge >= 0.3 is 5.69 Å². The summed E-state index contributed by atoms with van der Waals surface area (Å²) < 4.78 is 1.80. The maximum Gasteiger partial charge on any atom is 0.320 e. The molecule has 0 unspecified atom stereocenters. The van der Waals surface area contributed by atoms with Gasteiger partial charge in [0, 0.05) is 6.54 Å². The summed E-state index contributed by atoms with van der Waals surface area (Å²) in [7, 11) is 0. The van der Waals surface area contributed by atoms with Crippen molar-refractivity contribution >= 4 is 11.6 Å². The number of carbonyl (C=O) groups excluding carboxylic acids is 1. The number of carbonyl (C=O) groups is 1. The van der Waals surface area contributed by atoms with E-state index in [1.54, 1.807) is 4.68 Å². The fourth-order valence-electron chi connectivity index (χ4n) is 6.48. The van der Waals surface area contributed by atoms with Crippen molar-refractivity contribution in [3.8, 4) is 0 Å². The van der Waals surface area contributed by atoms with Crippen molar-refractivity contribution in [2.45, 2.75) is 56.9 Å². The summed E-state index contributed by atoms with van der Waals surface area (Å²) >= 11 is 0. The first-order valence-corrected chi connectivity index (χ1v) is 11.0. The third kappa shape index (κ3) is 3.30. The summed E-state index contributed by atoms with van der Waals surface area (Å²) in [5.74, 6) is 1.74. The number of hydrogen-bond donors (Lipinski definition) is 1. The standard InChI is InChI=1S/C23H28N4O3/c1-15(19-5-3-2-4-6-19)13-24-22(28)21-20(27(29)30)14-26(25-21)23-10-16-7-17(11-23)9-18(8-16)12-23/h2-6,14-18H,7-13H2,1H3,(H,24,28)/t15-,16?,17?,18?,23?/m1/s1. The van der Waals surface area contributed by atoms with E-state index in [1.165, 1.54) is 25.5 Å². The molecule has 0 spiro atoms. The van der Waals surface area contributed by atoms with Gasteiger partial charge in [-0.3, -0.25) is 19.6 Å². The van der Waals surface area contributed by atoms with E-state index in [-0.39, 0.29) is 22.8 Å². The van der Waals surface area contributed by atoms with Gasteiger partial charge in [-0.1, -0.05) is 37.3 Å². The highest BCUT2D eigenvalue weighted by Crippen LogP contribution is 2.58. The summed E-state index contributed by atoms with van der Waals surface area (Å²) in [5.41, 5.74) is 0.730. The Balaban J connectivity index is 1.37. The number of aromatic nitrogens is 2. The van der Waals surface area contributed by atoms with Crippen LogP contribution in [0.4, 0.5) is 5.69 Å². The zero-order valence-corrected chi connectivity index (χ0v) is 17.3. The largest absolute Gasteiger partial charge is 0.350 e. The zero-order chi connectivity index (χ0) is 20.9. The van der Waals surface area contributed by atoms with Gasteiger partial charge in [0.2, 0.25) is 5.69 Å². The van der Waals surface area contributed by atoms with E-state index >= 15 is 0 Å². The Hall–Kier alpha value is -2.70. The van der Waals surface area contributed by atoms with Gasteiger partial charge in [-0.15, -0.1) is 0 Å². The lowest BCUT2D eigenvalue weighted by molar-refractivity contribution is -0.385. The molecule has 1 aromatic heterocycles. The summed E-state index contributed by atoms with van der Waals surface area (Å²) in [6.45, 7) is 2.43. The van der Waals surface area contributed by atoms with Crippen molar-refractivity contribution in [3.05, 3.63) is 57.9 Å². The van der Waals surface area contributed by atoms with Gasteiger partial charge in [0.05, 0.1) is 10.5 Å². The quantitative estimate of drug-likeness (QED) is 0.571. The van der Waals surface area contributed by atoms with Crippen molar-refractivity contribution in [3.63, 3.8) is 0 Å². The molecule has 2 aromatic rings. The SMILES string of the molecule is C[C@H](CNC(=O)c1nn(C23CC4CC(CC(C4)C2)C3)cc1[N+](=O)[O-])c1ccccc1. The molecule has 30 heavy (non-hydrogen) atoms. The second-order valence-electron chi connectivity index (χ2n) is 9.73. The van der Waals surface area contributed by atoms with Crippen LogP contribution in [0, 0.1) is 27.9 Å². The number of nitro groups is 1. The van der Waals surface area contributed by atoms with Gasteiger partial charge in [-0.2, -0.15) is 5.10 Å². The Kier molecular flexibility index (Phi) is 4.64. The monoisotopic (exact) mass is 408 g/mol. The van der Waals surface area contributed by atoms with Crippen molar-refractivity contribution in [1.82, 2.24) is 15.1 Å². The van der Waals surface area contributed by atoms with Crippen LogP contribution in [0.5, 0.6) is 0 Å². The third-order valence-electron chi connectivity index (χ3n) is 7.54. The predicted octanol–water partition coefficient (Wildman–Crippen LogP) is 4.25. The Bertz CT molecular complexity index is 933. The minimum Gasteiger partial charge on any atom is -0.350 e. The molecule has 4 bridgehead atoms. The molecular weight excluding hydrogens is 380 g/mol. The smallest absolute Gasteiger partial charge is 0.320 e. The molecule has 1 amide bonds. The Labute approximate surface area is 176 Å². The zero-order valence-electron chi connectivity index (χ0n) is 17.3. The third-order valence-corrected chi connectivity index (χ3v) is 7.54. The van der Waals surface area contributed by atoms with Crippen LogP contribution in [-0.4, -0.2) is 27.2 Å². The van der Waals surface area contributed by atoms with Crippen LogP contribution in [-0.2, 0) is 5.54 Å². The highest BCUT2D eigenvalue weighted by molar-refractivity contribution is 5.96. The maximum atomic E-state index is 12.9. The normalized spacial score (nSPS) is 30.2. The van der Waals surface area contributed by atoms with Crippen LogP contribution in [0.2, 0.25) is 0 Å². The lowest BCUT2D eigenvalue weighted by Crippen LogP contribution is -2.52. The molecule has 1 aromatic carbocycles. The van der Waals surface area contributed by atoms with Crippen molar-refractivity contribution in [2.24, 2.45) is 17.8 Å². The van der Waals surface area contributed by atoms with E-state index in [1.807, 2.05) is 37.3 Å². The van der Waals surface area contributed by atoms with Crippen LogP contribution >= 0.6 is 0 Å². The van der Waals surface area contributed by atoms with Crippen molar-refractivity contribution in [2.75, 3.05) is 6.54 Å². The van der Waals surface area contributed by atoms with E-state index in [0.29, 0.717) is 24.3 Å². The molecular formula is C23H28N4O3.